The van der Waals surface area contributed by atoms with E-state index in [-0.39, 0.29) is 38.4 Å². The molecule has 2 aromatic heterocycles. The number of aryl methyl sites for hydroxylation is 1. The monoisotopic (exact) mass is 542 g/mol. The molecular weight excluding hydrogens is 518 g/mol. The number of carbonyl (C=O) groups is 1. The van der Waals surface area contributed by atoms with Gasteiger partial charge in [0, 0.05) is 31.3 Å². The van der Waals surface area contributed by atoms with Crippen molar-refractivity contribution in [3.05, 3.63) is 83.7 Å². The van der Waals surface area contributed by atoms with Crippen molar-refractivity contribution in [1.82, 2.24) is 14.3 Å². The number of fused-ring (bicyclic) bond motifs is 1. The first kappa shape index (κ1) is 25.4. The van der Waals surface area contributed by atoms with Gasteiger partial charge in [0.2, 0.25) is 15.9 Å². The van der Waals surface area contributed by atoms with Crippen molar-refractivity contribution in [2.45, 2.75) is 31.2 Å². The van der Waals surface area contributed by atoms with E-state index >= 15 is 0 Å². The molecule has 37 heavy (non-hydrogen) atoms. The molecule has 11 heteroatoms. The highest BCUT2D eigenvalue weighted by Gasteiger charge is 2.36. The third kappa shape index (κ3) is 5.25. The van der Waals surface area contributed by atoms with Gasteiger partial charge in [-0.15, -0.1) is 0 Å². The van der Waals surface area contributed by atoms with Crippen molar-refractivity contribution < 1.29 is 22.0 Å². The van der Waals surface area contributed by atoms with Crippen molar-refractivity contribution >= 4 is 42.6 Å². The number of aromatic nitrogens is 2. The number of anilines is 1. The zero-order chi connectivity index (χ0) is 26.2. The predicted molar refractivity (Wildman–Crippen MR) is 138 cm³/mol. The van der Waals surface area contributed by atoms with Crippen molar-refractivity contribution in [3.63, 3.8) is 0 Å². The van der Waals surface area contributed by atoms with Crippen molar-refractivity contribution in [2.75, 3.05) is 18.0 Å². The Labute approximate surface area is 217 Å². The highest BCUT2D eigenvalue weighted by Crippen LogP contribution is 2.33. The Balaban J connectivity index is 1.37. The molecule has 192 valence electrons. The van der Waals surface area contributed by atoms with E-state index in [2.05, 4.69) is 4.98 Å². The van der Waals surface area contributed by atoms with Crippen molar-refractivity contribution in [1.29, 1.82) is 0 Å². The van der Waals surface area contributed by atoms with Crippen LogP contribution in [0.4, 0.5) is 13.9 Å². The fourth-order valence-electron chi connectivity index (χ4n) is 4.42. The Bertz CT molecular complexity index is 1550. The van der Waals surface area contributed by atoms with Crippen LogP contribution in [0.1, 0.15) is 24.1 Å². The van der Waals surface area contributed by atoms with Gasteiger partial charge in [-0.05, 0) is 61.7 Å². The second kappa shape index (κ2) is 10.2. The molecule has 0 saturated carbocycles. The summed E-state index contributed by atoms with van der Waals surface area (Å²) in [6.07, 6.45) is 2.20. The fraction of sp³-hybridized carbons (Fsp3) is 0.269. The summed E-state index contributed by atoms with van der Waals surface area (Å²) in [5.74, 6) is -2.59. The van der Waals surface area contributed by atoms with Gasteiger partial charge in [-0.25, -0.2) is 22.2 Å². The number of nitrogens with zero attached hydrogens (tertiary/aromatic N) is 4. The first-order chi connectivity index (χ1) is 17.7. The largest absolute Gasteiger partial charge is 0.282 e. The summed E-state index contributed by atoms with van der Waals surface area (Å²) in [4.78, 5) is 23.9. The Morgan fingerprint density at radius 3 is 2.59 bits per heavy atom. The minimum atomic E-state index is -4.15. The Morgan fingerprint density at radius 2 is 1.89 bits per heavy atom. The normalized spacial score (nSPS) is 15.2. The fourth-order valence-corrected chi connectivity index (χ4v) is 7.00. The first-order valence-electron chi connectivity index (χ1n) is 11.8. The van der Waals surface area contributed by atoms with Crippen LogP contribution in [-0.2, 0) is 21.4 Å². The zero-order valence-electron chi connectivity index (χ0n) is 20.0. The van der Waals surface area contributed by atoms with E-state index in [0.717, 1.165) is 32.2 Å². The second-order valence-corrected chi connectivity index (χ2v) is 11.9. The number of amides is 1. The summed E-state index contributed by atoms with van der Waals surface area (Å²) in [5, 5.41) is 0.555. The van der Waals surface area contributed by atoms with Crippen molar-refractivity contribution in [3.8, 4) is 0 Å². The number of halogens is 2. The van der Waals surface area contributed by atoms with E-state index in [0.29, 0.717) is 16.9 Å². The molecule has 0 N–H and O–H groups in total. The minimum Gasteiger partial charge on any atom is -0.282 e. The summed E-state index contributed by atoms with van der Waals surface area (Å²) < 4.78 is 55.5. The molecule has 0 aliphatic carbocycles. The molecule has 0 bridgehead atoms. The van der Waals surface area contributed by atoms with Crippen LogP contribution in [0, 0.1) is 24.5 Å². The summed E-state index contributed by atoms with van der Waals surface area (Å²) >= 11 is 1.42. The van der Waals surface area contributed by atoms with Gasteiger partial charge in [0.05, 0.1) is 22.5 Å². The second-order valence-electron chi connectivity index (χ2n) is 8.97. The van der Waals surface area contributed by atoms with Gasteiger partial charge in [-0.1, -0.05) is 23.5 Å². The number of thiazole rings is 1. The highest BCUT2D eigenvalue weighted by molar-refractivity contribution is 7.89. The number of hydrogen-bond donors (Lipinski definition) is 0. The van der Waals surface area contributed by atoms with Gasteiger partial charge in [0.15, 0.2) is 5.13 Å². The van der Waals surface area contributed by atoms with Crippen LogP contribution in [0.25, 0.3) is 10.2 Å². The topological polar surface area (TPSA) is 83.5 Å². The molecule has 7 nitrogen and oxygen atoms in total. The number of rotatable bonds is 6. The van der Waals surface area contributed by atoms with Crippen molar-refractivity contribution in [2.24, 2.45) is 5.92 Å². The SMILES string of the molecule is Cc1ccc2nc(N(Cc3ccccn3)C(=O)C3CCN(S(=O)(=O)c4ccc(F)cc4F)CC3)sc2c1. The molecule has 1 aliphatic rings. The van der Waals surface area contributed by atoms with Crippen LogP contribution in [0.2, 0.25) is 0 Å². The van der Waals surface area contributed by atoms with Gasteiger partial charge in [-0.3, -0.25) is 14.7 Å². The smallest absolute Gasteiger partial charge is 0.245 e. The minimum absolute atomic E-state index is 0.0476. The molecule has 0 unspecified atom stereocenters. The van der Waals surface area contributed by atoms with Crippen LogP contribution in [0.5, 0.6) is 0 Å². The summed E-state index contributed by atoms with van der Waals surface area (Å²) in [6, 6.07) is 13.8. The lowest BCUT2D eigenvalue weighted by Crippen LogP contribution is -2.44. The maximum absolute atomic E-state index is 14.2. The van der Waals surface area contributed by atoms with E-state index in [1.165, 1.54) is 11.3 Å². The number of benzene rings is 2. The van der Waals surface area contributed by atoms with E-state index in [1.807, 2.05) is 37.3 Å². The van der Waals surface area contributed by atoms with Gasteiger partial charge in [0.25, 0.3) is 0 Å². The first-order valence-corrected chi connectivity index (χ1v) is 14.0. The van der Waals surface area contributed by atoms with Crippen LogP contribution < -0.4 is 4.90 Å². The third-order valence-corrected chi connectivity index (χ3v) is 9.36. The lowest BCUT2D eigenvalue weighted by atomic mass is 9.96. The quantitative estimate of drug-likeness (QED) is 0.346. The third-order valence-electron chi connectivity index (χ3n) is 6.39. The molecule has 5 rings (SSSR count). The molecule has 1 fully saturated rings. The average Bonchev–Trinajstić information content (AvgIpc) is 3.30. The van der Waals surface area contributed by atoms with Crippen LogP contribution in [0.15, 0.2) is 65.7 Å². The summed E-state index contributed by atoms with van der Waals surface area (Å²) in [6.45, 7) is 2.32. The Morgan fingerprint density at radius 1 is 1.11 bits per heavy atom. The maximum Gasteiger partial charge on any atom is 0.245 e. The Kier molecular flexibility index (Phi) is 7.02. The van der Waals surface area contributed by atoms with Gasteiger partial charge < -0.3 is 0 Å². The summed E-state index contributed by atoms with van der Waals surface area (Å²) in [5.41, 5.74) is 2.60. The molecule has 0 radical (unpaired) electrons. The number of carbonyl (C=O) groups excluding carboxylic acids is 1. The molecule has 0 spiro atoms. The number of piperidine rings is 1. The standard InChI is InChI=1S/C26H24F2N4O3S2/c1-17-5-7-22-23(14-17)36-26(30-22)32(16-20-4-2-3-11-29-20)25(33)18-9-12-31(13-10-18)37(34,35)24-8-6-19(27)15-21(24)28/h2-8,11,14-15,18H,9-10,12-13,16H2,1H3. The maximum atomic E-state index is 14.2. The van der Waals surface area contributed by atoms with E-state index in [4.69, 9.17) is 4.98 Å². The molecule has 1 saturated heterocycles. The molecule has 1 amide bonds. The number of pyridine rings is 1. The van der Waals surface area contributed by atoms with Gasteiger partial charge >= 0.3 is 0 Å². The molecule has 1 aliphatic heterocycles. The van der Waals surface area contributed by atoms with Crippen LogP contribution >= 0.6 is 11.3 Å². The van der Waals surface area contributed by atoms with Crippen LogP contribution in [-0.4, -0.2) is 41.7 Å². The Hall–Kier alpha value is -3.28. The lowest BCUT2D eigenvalue weighted by Gasteiger charge is -2.33. The molecule has 2 aromatic carbocycles. The van der Waals surface area contributed by atoms with E-state index in [9.17, 15) is 22.0 Å². The van der Waals surface area contributed by atoms with E-state index < -0.39 is 32.5 Å². The molecule has 3 heterocycles. The molecule has 4 aromatic rings. The zero-order valence-corrected chi connectivity index (χ0v) is 21.6. The van der Waals surface area contributed by atoms with Gasteiger partial charge in [0.1, 0.15) is 16.5 Å². The van der Waals surface area contributed by atoms with Crippen LogP contribution in [0.3, 0.4) is 0 Å². The number of hydrogen-bond acceptors (Lipinski definition) is 6. The molecular formula is C26H24F2N4O3S2. The number of sulfonamides is 1. The lowest BCUT2D eigenvalue weighted by molar-refractivity contribution is -0.123. The average molecular weight is 543 g/mol. The molecule has 0 atom stereocenters. The van der Waals surface area contributed by atoms with Gasteiger partial charge in [-0.2, -0.15) is 4.31 Å². The highest BCUT2D eigenvalue weighted by atomic mass is 32.2. The summed E-state index contributed by atoms with van der Waals surface area (Å²) in [7, 11) is -4.15. The predicted octanol–water partition coefficient (Wildman–Crippen LogP) is 4.91. The van der Waals surface area contributed by atoms with E-state index in [1.54, 1.807) is 17.2 Å².